The van der Waals surface area contributed by atoms with E-state index in [-0.39, 0.29) is 114 Å². The number of nitrogens with zero attached hydrogens (tertiary/aromatic N) is 2. The first-order valence-corrected chi connectivity index (χ1v) is 29.7. The number of hydrogen-bond acceptors (Lipinski definition) is 16. The number of carbonyl (C=O) groups excluding carboxylic acids is 9. The molecule has 86 heavy (non-hydrogen) atoms. The summed E-state index contributed by atoms with van der Waals surface area (Å²) in [6, 6.07) is -2.31. The lowest BCUT2D eigenvalue weighted by atomic mass is 9.99. The maximum atomic E-state index is 14.3. The number of carboxylic acids is 1. The molecule has 9 amide bonds. The van der Waals surface area contributed by atoms with Crippen molar-refractivity contribution in [3.05, 3.63) is 35.9 Å². The van der Waals surface area contributed by atoms with Gasteiger partial charge in [0.05, 0.1) is 12.6 Å². The molecule has 0 spiro atoms. The molecule has 30 heteroatoms. The van der Waals surface area contributed by atoms with Gasteiger partial charge >= 0.3 is 5.97 Å². The molecular weight excluding hydrogens is 1110 g/mol. The largest absolute Gasteiger partial charge is 0.480 e. The minimum atomic E-state index is -1.32. The van der Waals surface area contributed by atoms with Gasteiger partial charge in [0.1, 0.15) is 48.3 Å². The van der Waals surface area contributed by atoms with Crippen LogP contribution in [0.2, 0.25) is 0 Å². The predicted molar refractivity (Wildman–Crippen MR) is 327 cm³/mol. The molecule has 9 atom stereocenters. The Morgan fingerprint density at radius 2 is 0.802 bits per heavy atom. The van der Waals surface area contributed by atoms with Crippen LogP contribution in [0.5, 0.6) is 0 Å². The molecule has 0 saturated carbocycles. The van der Waals surface area contributed by atoms with Crippen molar-refractivity contribution in [2.45, 2.75) is 192 Å². The van der Waals surface area contributed by atoms with Crippen molar-refractivity contribution in [2.24, 2.45) is 67.7 Å². The van der Waals surface area contributed by atoms with Gasteiger partial charge in [0.2, 0.25) is 53.2 Å². The van der Waals surface area contributed by atoms with Gasteiger partial charge in [-0.05, 0) is 140 Å². The standard InChI is InChI=1S/C56H101N19O11/c1-33(2)29-42(52(83)72-40(22-11-14-26-59)51(82)74-43(30-34(3)4)53(84)75-44(54(85)86)31-36-17-7-6-8-18-36)73-46(77)35(5)68-48(79)39(21-10-13-25-58)70-50(81)41(23-16-28-66-56(63)64)71-49(80)38(20-9-12-24-57)69-45(76)32-67-47(78)37(60)19-15-27-65-55(61)62/h6-8,17-18,33-35,37-44H,9-16,19-32,57-60H2,1-5H3,(H,67,78)(H,68,79)(H,69,76)(H,70,81)(H,71,80)(H,72,83)(H,73,77)(H,74,82)(H,75,84)(H,85,86)(H4,61,62,65)(H4,63,64,66)/t35-,37+,38-,39-,40-,41-,42-,43-,44+/m0/s1. The summed E-state index contributed by atoms with van der Waals surface area (Å²) in [5.74, 6) is -8.58. The molecule has 0 aliphatic rings. The van der Waals surface area contributed by atoms with Crippen LogP contribution in [0.3, 0.4) is 0 Å². The van der Waals surface area contributed by atoms with Crippen LogP contribution in [0.1, 0.15) is 136 Å². The zero-order chi connectivity index (χ0) is 64.7. The SMILES string of the molecule is CC(C)C[C@H](NC(=O)[C@H](C)NC(=O)[C@H](CCCCN)NC(=O)[C@H](CCCN=C(N)N)NC(=O)[C@H](CCCCN)NC(=O)CNC(=O)[C@H](N)CCCN=C(N)N)C(=O)N[C@@H](CCCCN)C(=O)N[C@@H](CC(C)C)C(=O)N[C@H](Cc1ccccc1)C(=O)O. The maximum Gasteiger partial charge on any atom is 0.326 e. The first-order valence-electron chi connectivity index (χ1n) is 29.7. The summed E-state index contributed by atoms with van der Waals surface area (Å²) in [4.78, 5) is 144. The van der Waals surface area contributed by atoms with Gasteiger partial charge in [0.15, 0.2) is 11.9 Å². The van der Waals surface area contributed by atoms with Crippen LogP contribution in [-0.4, -0.2) is 170 Å². The van der Waals surface area contributed by atoms with Gasteiger partial charge in [-0.2, -0.15) is 0 Å². The number of carbonyl (C=O) groups is 10. The van der Waals surface area contributed by atoms with E-state index >= 15 is 0 Å². The van der Waals surface area contributed by atoms with Gasteiger partial charge in [0.25, 0.3) is 0 Å². The molecule has 30 nitrogen and oxygen atoms in total. The van der Waals surface area contributed by atoms with Crippen molar-refractivity contribution in [3.8, 4) is 0 Å². The number of hydrogen-bond donors (Lipinski definition) is 18. The van der Waals surface area contributed by atoms with Gasteiger partial charge in [-0.15, -0.1) is 0 Å². The third kappa shape index (κ3) is 33.1. The fraction of sp³-hybridized carbons (Fsp3) is 0.679. The average Bonchev–Trinajstić information content (AvgIpc) is 3.27. The highest BCUT2D eigenvalue weighted by atomic mass is 16.4. The van der Waals surface area contributed by atoms with Crippen LogP contribution >= 0.6 is 0 Å². The second kappa shape index (κ2) is 43.0. The second-order valence-electron chi connectivity index (χ2n) is 22.1. The maximum absolute atomic E-state index is 14.3. The summed E-state index contributed by atoms with van der Waals surface area (Å²) in [6.45, 7) is 9.25. The Morgan fingerprint density at radius 3 is 1.21 bits per heavy atom. The number of nitrogens with one attached hydrogen (secondary N) is 9. The molecule has 0 heterocycles. The van der Waals surface area contributed by atoms with Gasteiger partial charge in [-0.1, -0.05) is 58.0 Å². The quantitative estimate of drug-likeness (QED) is 0.0169. The highest BCUT2D eigenvalue weighted by Gasteiger charge is 2.35. The summed E-state index contributed by atoms with van der Waals surface area (Å²) >= 11 is 0. The van der Waals surface area contributed by atoms with E-state index in [1.165, 1.54) is 6.92 Å². The number of rotatable bonds is 45. The topological polar surface area (TPSA) is 532 Å². The van der Waals surface area contributed by atoms with E-state index in [0.29, 0.717) is 50.5 Å². The Labute approximate surface area is 505 Å². The molecule has 1 aromatic carbocycles. The lowest BCUT2D eigenvalue weighted by molar-refractivity contribution is -0.142. The van der Waals surface area contributed by atoms with Crippen molar-refractivity contribution in [1.82, 2.24) is 47.9 Å². The number of benzene rings is 1. The van der Waals surface area contributed by atoms with Crippen LogP contribution in [0.25, 0.3) is 0 Å². The minimum absolute atomic E-state index is 0.0113. The number of aliphatic carboxylic acids is 1. The molecule has 0 unspecified atom stereocenters. The fourth-order valence-corrected chi connectivity index (χ4v) is 8.75. The molecule has 0 aliphatic carbocycles. The van der Waals surface area contributed by atoms with E-state index in [4.69, 9.17) is 45.9 Å². The summed E-state index contributed by atoms with van der Waals surface area (Å²) < 4.78 is 0. The van der Waals surface area contributed by atoms with Crippen molar-refractivity contribution in [2.75, 3.05) is 39.3 Å². The minimum Gasteiger partial charge on any atom is -0.480 e. The van der Waals surface area contributed by atoms with Gasteiger partial charge < -0.3 is 98.8 Å². The predicted octanol–water partition coefficient (Wildman–Crippen LogP) is -3.76. The van der Waals surface area contributed by atoms with E-state index in [1.807, 2.05) is 27.7 Å². The van der Waals surface area contributed by atoms with Crippen LogP contribution in [0.4, 0.5) is 0 Å². The first-order chi connectivity index (χ1) is 40.7. The second-order valence-corrected chi connectivity index (χ2v) is 22.1. The molecule has 26 N–H and O–H groups in total. The van der Waals surface area contributed by atoms with E-state index in [1.54, 1.807) is 30.3 Å². The Kier molecular flexibility index (Phi) is 38.2. The number of amides is 9. The third-order valence-corrected chi connectivity index (χ3v) is 13.4. The Hall–Kier alpha value is -7.70. The molecule has 0 aromatic heterocycles. The Morgan fingerprint density at radius 1 is 0.442 bits per heavy atom. The molecule has 0 aliphatic heterocycles. The lowest BCUT2D eigenvalue weighted by Crippen LogP contribution is -2.60. The molecule has 0 radical (unpaired) electrons. The van der Waals surface area contributed by atoms with Crippen LogP contribution < -0.4 is 93.7 Å². The molecule has 0 saturated heterocycles. The zero-order valence-corrected chi connectivity index (χ0v) is 50.8. The third-order valence-electron chi connectivity index (χ3n) is 13.4. The molecule has 0 fully saturated rings. The molecule has 486 valence electrons. The van der Waals surface area contributed by atoms with Crippen molar-refractivity contribution in [3.63, 3.8) is 0 Å². The van der Waals surface area contributed by atoms with E-state index in [9.17, 15) is 53.1 Å². The molecular formula is C56H101N19O11. The van der Waals surface area contributed by atoms with E-state index in [2.05, 4.69) is 57.8 Å². The highest BCUT2D eigenvalue weighted by Crippen LogP contribution is 2.13. The monoisotopic (exact) mass is 1220 g/mol. The number of guanidine groups is 2. The summed E-state index contributed by atoms with van der Waals surface area (Å²) in [6.07, 6.45) is 3.75. The van der Waals surface area contributed by atoms with Crippen molar-refractivity contribution < 1.29 is 53.1 Å². The highest BCUT2D eigenvalue weighted by molar-refractivity contribution is 5.98. The van der Waals surface area contributed by atoms with Crippen LogP contribution in [0.15, 0.2) is 40.3 Å². The molecule has 0 bridgehead atoms. The Balaban J connectivity index is 3.39. The number of nitrogens with two attached hydrogens (primary N) is 8. The molecule has 1 rings (SSSR count). The summed E-state index contributed by atoms with van der Waals surface area (Å²) in [7, 11) is 0. The Bertz CT molecular complexity index is 2340. The smallest absolute Gasteiger partial charge is 0.326 e. The fourth-order valence-electron chi connectivity index (χ4n) is 8.75. The van der Waals surface area contributed by atoms with Gasteiger partial charge in [-0.3, -0.25) is 53.1 Å². The number of carboxylic acid groups (broad SMARTS) is 1. The number of aliphatic imine (C=N–C) groups is 2. The van der Waals surface area contributed by atoms with Crippen molar-refractivity contribution in [1.29, 1.82) is 0 Å². The summed E-state index contributed by atoms with van der Waals surface area (Å²) in [5.41, 5.74) is 45.6. The van der Waals surface area contributed by atoms with Gasteiger partial charge in [0, 0.05) is 19.5 Å². The van der Waals surface area contributed by atoms with Crippen molar-refractivity contribution >= 4 is 71.1 Å². The zero-order valence-electron chi connectivity index (χ0n) is 50.8. The van der Waals surface area contributed by atoms with Gasteiger partial charge in [-0.25, -0.2) is 4.79 Å². The normalized spacial score (nSPS) is 14.2. The van der Waals surface area contributed by atoms with E-state index in [0.717, 1.165) is 0 Å². The van der Waals surface area contributed by atoms with Crippen LogP contribution in [-0.2, 0) is 54.4 Å². The number of unbranched alkanes of at least 4 members (excludes halogenated alkanes) is 3. The van der Waals surface area contributed by atoms with Crippen LogP contribution in [0, 0.1) is 11.8 Å². The summed E-state index contributed by atoms with van der Waals surface area (Å²) in [5, 5.41) is 33.8. The molecule has 1 aromatic rings. The lowest BCUT2D eigenvalue weighted by Gasteiger charge is -2.28. The average molecular weight is 1220 g/mol. The van der Waals surface area contributed by atoms with E-state index < -0.39 is 120 Å². The first kappa shape index (κ1) is 76.3.